The lowest BCUT2D eigenvalue weighted by molar-refractivity contribution is -0.254. The Bertz CT molecular complexity index is 839. The summed E-state index contributed by atoms with van der Waals surface area (Å²) in [5, 5.41) is 13.7. The Balaban J connectivity index is 2.44. The van der Waals surface area contributed by atoms with E-state index in [1.807, 2.05) is 0 Å². The molecule has 1 amide bonds. The third-order valence-corrected chi connectivity index (χ3v) is 3.33. The highest BCUT2D eigenvalue weighted by molar-refractivity contribution is 6.08. The van der Waals surface area contributed by atoms with Crippen molar-refractivity contribution in [2.45, 2.75) is 13.8 Å². The molecule has 0 atom stereocenters. The quantitative estimate of drug-likeness (QED) is 0.815. The molecule has 2 aromatic rings. The first-order valence-electron chi connectivity index (χ1n) is 7.78. The summed E-state index contributed by atoms with van der Waals surface area (Å²) in [6.45, 7) is 3.96. The third-order valence-electron chi connectivity index (χ3n) is 3.33. The van der Waals surface area contributed by atoms with Gasteiger partial charge in [-0.25, -0.2) is 8.78 Å². The molecule has 138 valence electrons. The Hall–Kier alpha value is -3.16. The first kappa shape index (κ1) is 19.2. The van der Waals surface area contributed by atoms with Gasteiger partial charge in [-0.15, -0.1) is 0 Å². The van der Waals surface area contributed by atoms with Crippen LogP contribution in [-0.4, -0.2) is 25.1 Å². The minimum atomic E-state index is -1.57. The van der Waals surface area contributed by atoms with Gasteiger partial charge in [-0.3, -0.25) is 4.79 Å². The molecule has 0 aliphatic carbocycles. The number of ether oxygens (including phenoxy) is 2. The van der Waals surface area contributed by atoms with Crippen molar-refractivity contribution in [3.05, 3.63) is 53.1 Å². The number of carbonyl (C=O) groups is 2. The lowest BCUT2D eigenvalue weighted by Crippen LogP contribution is -2.25. The van der Waals surface area contributed by atoms with E-state index in [0.29, 0.717) is 6.07 Å². The topological polar surface area (TPSA) is 87.7 Å². The number of hydrogen-bond donors (Lipinski definition) is 1. The van der Waals surface area contributed by atoms with Crippen LogP contribution in [0, 0.1) is 11.6 Å². The highest BCUT2D eigenvalue weighted by atomic mass is 19.1. The van der Waals surface area contributed by atoms with E-state index in [2.05, 4.69) is 5.32 Å². The highest BCUT2D eigenvalue weighted by Gasteiger charge is 2.18. The summed E-state index contributed by atoms with van der Waals surface area (Å²) in [5.74, 6) is -4.06. The summed E-state index contributed by atoms with van der Waals surface area (Å²) in [4.78, 5) is 23.6. The summed E-state index contributed by atoms with van der Waals surface area (Å²) >= 11 is 0. The Morgan fingerprint density at radius 1 is 1.00 bits per heavy atom. The average molecular weight is 364 g/mol. The molecule has 6 nitrogen and oxygen atoms in total. The number of hydrogen-bond acceptors (Lipinski definition) is 5. The van der Waals surface area contributed by atoms with Crippen molar-refractivity contribution in [1.29, 1.82) is 0 Å². The van der Waals surface area contributed by atoms with Crippen LogP contribution in [0.25, 0.3) is 0 Å². The lowest BCUT2D eigenvalue weighted by Gasteiger charge is -2.17. The number of aromatic carboxylic acids is 1. The molecular formula is C18H16F2NO5-. The van der Waals surface area contributed by atoms with Gasteiger partial charge in [0.05, 0.1) is 30.4 Å². The van der Waals surface area contributed by atoms with Gasteiger partial charge in [-0.05, 0) is 32.0 Å². The Morgan fingerprint density at radius 3 is 2.15 bits per heavy atom. The van der Waals surface area contributed by atoms with Gasteiger partial charge in [0.15, 0.2) is 11.5 Å². The first-order chi connectivity index (χ1) is 12.4. The van der Waals surface area contributed by atoms with Crippen LogP contribution in [0.2, 0.25) is 0 Å². The number of halogens is 2. The summed E-state index contributed by atoms with van der Waals surface area (Å²) in [6, 6.07) is 4.83. The van der Waals surface area contributed by atoms with Gasteiger partial charge in [-0.2, -0.15) is 0 Å². The SMILES string of the molecule is CCOc1cc(NC(=O)c2ccc(F)cc2F)c(C(=O)[O-])cc1OCC. The van der Waals surface area contributed by atoms with E-state index < -0.39 is 29.1 Å². The predicted molar refractivity (Wildman–Crippen MR) is 87.4 cm³/mol. The number of benzene rings is 2. The van der Waals surface area contributed by atoms with Gasteiger partial charge in [0.1, 0.15) is 11.6 Å². The zero-order chi connectivity index (χ0) is 19.3. The predicted octanol–water partition coefficient (Wildman–Crippen LogP) is 2.38. The first-order valence-corrected chi connectivity index (χ1v) is 7.78. The van der Waals surface area contributed by atoms with Crippen molar-refractivity contribution in [3.8, 4) is 11.5 Å². The van der Waals surface area contributed by atoms with Crippen LogP contribution in [0.5, 0.6) is 11.5 Å². The van der Waals surface area contributed by atoms with Gasteiger partial charge in [-0.1, -0.05) is 0 Å². The number of carboxylic acid groups (broad SMARTS) is 1. The summed E-state index contributed by atoms with van der Waals surface area (Å²) in [6.07, 6.45) is 0. The molecule has 0 fully saturated rings. The molecule has 2 rings (SSSR count). The van der Waals surface area contributed by atoms with Gasteiger partial charge in [0, 0.05) is 17.7 Å². The zero-order valence-electron chi connectivity index (χ0n) is 14.1. The van der Waals surface area contributed by atoms with Crippen LogP contribution in [0.15, 0.2) is 30.3 Å². The van der Waals surface area contributed by atoms with Gasteiger partial charge in [0.2, 0.25) is 0 Å². The van der Waals surface area contributed by atoms with Crippen molar-refractivity contribution < 1.29 is 33.0 Å². The Morgan fingerprint density at radius 2 is 1.62 bits per heavy atom. The molecular weight excluding hydrogens is 348 g/mol. The maximum atomic E-state index is 13.8. The maximum Gasteiger partial charge on any atom is 0.258 e. The standard InChI is InChI=1S/C18H17F2NO5/c1-3-25-15-8-12(18(23)24)14(9-16(15)26-4-2)21-17(22)11-6-5-10(19)7-13(11)20/h5-9H,3-4H2,1-2H3,(H,21,22)(H,23,24)/p-1. The molecule has 0 aliphatic heterocycles. The van der Waals surface area contributed by atoms with Gasteiger partial charge >= 0.3 is 0 Å². The van der Waals surface area contributed by atoms with Crippen molar-refractivity contribution in [2.75, 3.05) is 18.5 Å². The monoisotopic (exact) mass is 364 g/mol. The fourth-order valence-electron chi connectivity index (χ4n) is 2.23. The molecule has 0 spiro atoms. The molecule has 0 saturated carbocycles. The van der Waals surface area contributed by atoms with E-state index in [9.17, 15) is 23.5 Å². The largest absolute Gasteiger partial charge is 0.545 e. The molecule has 0 radical (unpaired) electrons. The van der Waals surface area contributed by atoms with Crippen molar-refractivity contribution in [1.82, 2.24) is 0 Å². The molecule has 1 N–H and O–H groups in total. The second kappa shape index (κ2) is 8.28. The number of rotatable bonds is 7. The molecule has 8 heteroatoms. The average Bonchev–Trinajstić information content (AvgIpc) is 2.56. The Kier molecular flexibility index (Phi) is 6.11. The minimum absolute atomic E-state index is 0.161. The van der Waals surface area contributed by atoms with Gasteiger partial charge < -0.3 is 24.7 Å². The normalized spacial score (nSPS) is 10.3. The summed E-state index contributed by atoms with van der Waals surface area (Å²) < 4.78 is 37.4. The van der Waals surface area contributed by atoms with Crippen molar-refractivity contribution >= 4 is 17.6 Å². The molecule has 0 aromatic heterocycles. The van der Waals surface area contributed by atoms with E-state index in [1.165, 1.54) is 6.07 Å². The molecule has 0 bridgehead atoms. The lowest BCUT2D eigenvalue weighted by atomic mass is 10.1. The second-order valence-electron chi connectivity index (χ2n) is 5.08. The smallest absolute Gasteiger partial charge is 0.258 e. The van der Waals surface area contributed by atoms with Crippen LogP contribution < -0.4 is 19.9 Å². The zero-order valence-corrected chi connectivity index (χ0v) is 14.1. The van der Waals surface area contributed by atoms with E-state index in [4.69, 9.17) is 9.47 Å². The molecule has 0 saturated heterocycles. The van der Waals surface area contributed by atoms with E-state index in [-0.39, 0.29) is 36.0 Å². The molecule has 0 heterocycles. The molecule has 0 aliphatic rings. The number of carbonyl (C=O) groups excluding carboxylic acids is 2. The van der Waals surface area contributed by atoms with Crippen LogP contribution in [0.3, 0.4) is 0 Å². The minimum Gasteiger partial charge on any atom is -0.545 e. The fourth-order valence-corrected chi connectivity index (χ4v) is 2.23. The fraction of sp³-hybridized carbons (Fsp3) is 0.222. The van der Waals surface area contributed by atoms with Crippen LogP contribution in [-0.2, 0) is 0 Å². The van der Waals surface area contributed by atoms with E-state index in [0.717, 1.165) is 18.2 Å². The van der Waals surface area contributed by atoms with Crippen LogP contribution in [0.4, 0.5) is 14.5 Å². The number of anilines is 1. The van der Waals surface area contributed by atoms with Crippen molar-refractivity contribution in [2.24, 2.45) is 0 Å². The van der Waals surface area contributed by atoms with Crippen molar-refractivity contribution in [3.63, 3.8) is 0 Å². The number of nitrogens with one attached hydrogen (secondary N) is 1. The number of carboxylic acids is 1. The Labute approximate surface area is 148 Å². The van der Waals surface area contributed by atoms with Gasteiger partial charge in [0.25, 0.3) is 5.91 Å². The third kappa shape index (κ3) is 4.27. The maximum absolute atomic E-state index is 13.8. The van der Waals surface area contributed by atoms with Crippen LogP contribution in [0.1, 0.15) is 34.6 Å². The van der Waals surface area contributed by atoms with E-state index in [1.54, 1.807) is 13.8 Å². The summed E-state index contributed by atoms with van der Waals surface area (Å²) in [7, 11) is 0. The molecule has 0 unspecified atom stereocenters. The van der Waals surface area contributed by atoms with E-state index >= 15 is 0 Å². The molecule has 2 aromatic carbocycles. The highest BCUT2D eigenvalue weighted by Crippen LogP contribution is 2.34. The molecule has 26 heavy (non-hydrogen) atoms. The van der Waals surface area contributed by atoms with Crippen LogP contribution >= 0.6 is 0 Å². The second-order valence-corrected chi connectivity index (χ2v) is 5.08. The summed E-state index contributed by atoms with van der Waals surface area (Å²) in [5.41, 5.74) is -0.971. The number of amides is 1.